The van der Waals surface area contributed by atoms with E-state index in [1.165, 1.54) is 33.2 Å². The fraction of sp³-hybridized carbons (Fsp3) is 0.100. The summed E-state index contributed by atoms with van der Waals surface area (Å²) in [7, 11) is 0. The molecule has 2 aromatic carbocycles. The molecule has 1 aliphatic heterocycles. The number of fused-ring (bicyclic) bond motifs is 7. The van der Waals surface area contributed by atoms with Crippen LogP contribution in [0, 0.1) is 0 Å². The molecule has 0 amide bonds. The number of pyridine rings is 2. The van der Waals surface area contributed by atoms with Crippen molar-refractivity contribution in [2.24, 2.45) is 0 Å². The molecule has 5 rings (SSSR count). The van der Waals surface area contributed by atoms with Gasteiger partial charge in [0.05, 0.1) is 6.92 Å². The fourth-order valence-electron chi connectivity index (χ4n) is 3.79. The predicted octanol–water partition coefficient (Wildman–Crippen LogP) is 3.62. The second-order valence-electron chi connectivity index (χ2n) is 5.93. The SMILES string of the molecule is CC1[n+]2c(ccc3ccccc32)-c2ccc3ccccc3[n+]21. The van der Waals surface area contributed by atoms with Crippen molar-refractivity contribution < 1.29 is 9.13 Å². The van der Waals surface area contributed by atoms with Crippen LogP contribution < -0.4 is 9.13 Å². The van der Waals surface area contributed by atoms with Crippen LogP contribution in [0.15, 0.2) is 72.8 Å². The third-order valence-corrected chi connectivity index (χ3v) is 4.76. The van der Waals surface area contributed by atoms with Crippen molar-refractivity contribution in [2.45, 2.75) is 13.1 Å². The van der Waals surface area contributed by atoms with Gasteiger partial charge < -0.3 is 0 Å². The topological polar surface area (TPSA) is 7.76 Å². The van der Waals surface area contributed by atoms with Gasteiger partial charge in [-0.2, -0.15) is 0 Å². The lowest BCUT2D eigenvalue weighted by atomic mass is 10.1. The first-order chi connectivity index (χ1) is 10.8. The molecule has 0 bridgehead atoms. The van der Waals surface area contributed by atoms with Crippen molar-refractivity contribution in [3.05, 3.63) is 72.8 Å². The highest BCUT2D eigenvalue weighted by molar-refractivity contribution is 5.79. The Kier molecular flexibility index (Phi) is 2.23. The van der Waals surface area contributed by atoms with Gasteiger partial charge in [0.15, 0.2) is 0 Å². The number of hydrogen-bond donors (Lipinski definition) is 0. The Morgan fingerprint density at radius 2 is 1.05 bits per heavy atom. The minimum absolute atomic E-state index is 0.280. The summed E-state index contributed by atoms with van der Waals surface area (Å²) in [6.45, 7) is 2.28. The second kappa shape index (κ2) is 4.14. The molecule has 3 heterocycles. The first-order valence-electron chi connectivity index (χ1n) is 7.71. The summed E-state index contributed by atoms with van der Waals surface area (Å²) in [5.41, 5.74) is 5.16. The Balaban J connectivity index is 1.93. The average Bonchev–Trinajstić information content (AvgIpc) is 2.88. The molecule has 1 aliphatic rings. The van der Waals surface area contributed by atoms with Crippen LogP contribution in [0.2, 0.25) is 0 Å². The highest BCUT2D eigenvalue weighted by atomic mass is 15.3. The van der Waals surface area contributed by atoms with Crippen LogP contribution in [0.3, 0.4) is 0 Å². The molecule has 0 fully saturated rings. The lowest BCUT2D eigenvalue weighted by Gasteiger charge is -2.01. The number of para-hydroxylation sites is 2. The van der Waals surface area contributed by atoms with Crippen LogP contribution in [0.1, 0.15) is 13.1 Å². The van der Waals surface area contributed by atoms with Crippen molar-refractivity contribution in [3.8, 4) is 11.4 Å². The second-order valence-corrected chi connectivity index (χ2v) is 5.93. The van der Waals surface area contributed by atoms with Gasteiger partial charge in [-0.05, 0) is 24.3 Å². The zero-order valence-electron chi connectivity index (χ0n) is 12.4. The Morgan fingerprint density at radius 3 is 1.55 bits per heavy atom. The van der Waals surface area contributed by atoms with Gasteiger partial charge in [-0.25, -0.2) is 0 Å². The van der Waals surface area contributed by atoms with E-state index in [1.807, 2.05) is 0 Å². The lowest BCUT2D eigenvalue weighted by Crippen LogP contribution is -2.50. The molecule has 0 saturated heterocycles. The fourth-order valence-corrected chi connectivity index (χ4v) is 3.79. The van der Waals surface area contributed by atoms with Crippen LogP contribution in [0.25, 0.3) is 33.2 Å². The molecule has 4 aromatic rings. The van der Waals surface area contributed by atoms with Crippen molar-refractivity contribution >= 4 is 21.8 Å². The molecule has 0 spiro atoms. The van der Waals surface area contributed by atoms with Gasteiger partial charge >= 0.3 is 6.17 Å². The molecule has 2 nitrogen and oxygen atoms in total. The van der Waals surface area contributed by atoms with Crippen molar-refractivity contribution in [2.75, 3.05) is 0 Å². The smallest absolute Gasteiger partial charge is 0.124 e. The Bertz CT molecular complexity index is 965. The zero-order chi connectivity index (χ0) is 14.7. The van der Waals surface area contributed by atoms with Gasteiger partial charge in [-0.15, -0.1) is 9.13 Å². The third kappa shape index (κ3) is 1.39. The molecule has 22 heavy (non-hydrogen) atoms. The summed E-state index contributed by atoms with van der Waals surface area (Å²) >= 11 is 0. The predicted molar refractivity (Wildman–Crippen MR) is 87.4 cm³/mol. The van der Waals surface area contributed by atoms with E-state index in [9.17, 15) is 0 Å². The van der Waals surface area contributed by atoms with Crippen LogP contribution in [-0.2, 0) is 0 Å². The number of hydrogen-bond acceptors (Lipinski definition) is 0. The number of rotatable bonds is 0. The van der Waals surface area contributed by atoms with E-state index < -0.39 is 0 Å². The quantitative estimate of drug-likeness (QED) is 0.436. The summed E-state index contributed by atoms with van der Waals surface area (Å²) < 4.78 is 4.88. The van der Waals surface area contributed by atoms with E-state index in [-0.39, 0.29) is 6.17 Å². The van der Waals surface area contributed by atoms with E-state index >= 15 is 0 Å². The van der Waals surface area contributed by atoms with Crippen LogP contribution >= 0.6 is 0 Å². The van der Waals surface area contributed by atoms with E-state index in [4.69, 9.17) is 0 Å². The molecule has 2 aromatic heterocycles. The summed E-state index contributed by atoms with van der Waals surface area (Å²) in [5, 5.41) is 2.58. The minimum atomic E-state index is 0.280. The number of aromatic nitrogens is 2. The third-order valence-electron chi connectivity index (χ3n) is 4.76. The standard InChI is InChI=1S/C20H16N2/c1-14-21-17-8-4-2-6-15(17)10-12-19(21)20-13-11-16-7-3-5-9-18(16)22(14)20/h2-14H,1H3/q+2. The molecule has 0 radical (unpaired) electrons. The van der Waals surface area contributed by atoms with Crippen LogP contribution in [-0.4, -0.2) is 0 Å². The molecule has 0 unspecified atom stereocenters. The molecule has 0 saturated carbocycles. The number of nitrogens with zero attached hydrogens (tertiary/aromatic N) is 2. The van der Waals surface area contributed by atoms with E-state index in [2.05, 4.69) is 88.9 Å². The molecule has 0 atom stereocenters. The monoisotopic (exact) mass is 284 g/mol. The highest BCUT2D eigenvalue weighted by Gasteiger charge is 2.43. The van der Waals surface area contributed by atoms with Gasteiger partial charge in [-0.1, -0.05) is 24.3 Å². The highest BCUT2D eigenvalue weighted by Crippen LogP contribution is 2.26. The van der Waals surface area contributed by atoms with Crippen molar-refractivity contribution in [1.29, 1.82) is 0 Å². The summed E-state index contributed by atoms with van der Waals surface area (Å²) in [6, 6.07) is 26.2. The Morgan fingerprint density at radius 1 is 0.591 bits per heavy atom. The normalized spacial score (nSPS) is 13.5. The largest absolute Gasteiger partial charge is 0.351 e. The molecular formula is C20H16N2+2. The van der Waals surface area contributed by atoms with Crippen molar-refractivity contribution in [1.82, 2.24) is 0 Å². The summed E-state index contributed by atoms with van der Waals surface area (Å²) in [5.74, 6) is 0. The molecular weight excluding hydrogens is 268 g/mol. The van der Waals surface area contributed by atoms with Gasteiger partial charge in [0.1, 0.15) is 0 Å². The molecule has 0 N–H and O–H groups in total. The first-order valence-corrected chi connectivity index (χ1v) is 7.71. The van der Waals surface area contributed by atoms with Gasteiger partial charge in [0.25, 0.3) is 11.4 Å². The first kappa shape index (κ1) is 11.9. The van der Waals surface area contributed by atoms with Crippen LogP contribution in [0.5, 0.6) is 0 Å². The average molecular weight is 284 g/mol. The number of benzene rings is 2. The zero-order valence-corrected chi connectivity index (χ0v) is 12.4. The van der Waals surface area contributed by atoms with Crippen LogP contribution in [0.4, 0.5) is 0 Å². The van der Waals surface area contributed by atoms with Gasteiger partial charge in [0, 0.05) is 35.0 Å². The van der Waals surface area contributed by atoms with E-state index in [0.717, 1.165) is 0 Å². The minimum Gasteiger partial charge on any atom is -0.124 e. The molecule has 2 heteroatoms. The molecule has 0 aliphatic carbocycles. The maximum absolute atomic E-state index is 2.44. The van der Waals surface area contributed by atoms with E-state index in [0.29, 0.717) is 0 Å². The maximum atomic E-state index is 2.44. The van der Waals surface area contributed by atoms with E-state index in [1.54, 1.807) is 0 Å². The summed E-state index contributed by atoms with van der Waals surface area (Å²) in [4.78, 5) is 0. The Hall–Kier alpha value is -2.74. The Labute approximate surface area is 128 Å². The van der Waals surface area contributed by atoms with Crippen molar-refractivity contribution in [3.63, 3.8) is 0 Å². The lowest BCUT2D eigenvalue weighted by molar-refractivity contribution is -0.884. The van der Waals surface area contributed by atoms with Gasteiger partial charge in [-0.3, -0.25) is 0 Å². The molecule has 104 valence electrons. The van der Waals surface area contributed by atoms with Gasteiger partial charge in [0.2, 0.25) is 11.0 Å². The maximum Gasteiger partial charge on any atom is 0.351 e. The summed E-state index contributed by atoms with van der Waals surface area (Å²) in [6.07, 6.45) is 0.280.